The number of aromatic nitrogens is 1. The lowest BCUT2D eigenvalue weighted by molar-refractivity contribution is 0.0985. The second kappa shape index (κ2) is 9.55. The van der Waals surface area contributed by atoms with Crippen LogP contribution in [-0.2, 0) is 10.8 Å². The van der Waals surface area contributed by atoms with Gasteiger partial charge in [-0.2, -0.15) is 0 Å². The van der Waals surface area contributed by atoms with Crippen LogP contribution in [0.2, 0.25) is 0 Å². The molecule has 0 aliphatic rings. The van der Waals surface area contributed by atoms with E-state index in [4.69, 9.17) is 4.98 Å². The van der Waals surface area contributed by atoms with Crippen molar-refractivity contribution in [3.05, 3.63) is 57.9 Å². The molecule has 0 spiro atoms. The SMILES string of the molecule is CN(C(=O)O)C(c1nc(-c2ccc(-c3ccc(O)c(C(C)(C)C)c3)cc2C(C)(C)C)cs1)C(C)(C)C. The number of phenols is 1. The Balaban J connectivity index is 2.13. The summed E-state index contributed by atoms with van der Waals surface area (Å²) in [4.78, 5) is 18.1. The summed E-state index contributed by atoms with van der Waals surface area (Å²) in [6, 6.07) is 11.9. The van der Waals surface area contributed by atoms with Crippen LogP contribution in [0.4, 0.5) is 4.79 Å². The molecule has 0 fully saturated rings. The third-order valence-corrected chi connectivity index (χ3v) is 7.40. The standard InChI is InChI=1S/C30H40N2O3S/c1-28(2,3)21-15-18(19-12-14-24(33)22(16-19)29(4,5)6)11-13-20(21)23-17-36-26(31-23)25(30(7,8)9)32(10)27(34)35/h11-17,25,33H,1-10H3,(H,34,35). The Morgan fingerprint density at radius 1 is 0.889 bits per heavy atom. The first-order valence-electron chi connectivity index (χ1n) is 12.3. The molecule has 0 bridgehead atoms. The van der Waals surface area contributed by atoms with Crippen LogP contribution in [0.15, 0.2) is 41.8 Å². The van der Waals surface area contributed by atoms with Gasteiger partial charge in [0.1, 0.15) is 10.8 Å². The van der Waals surface area contributed by atoms with E-state index in [1.165, 1.54) is 21.8 Å². The number of benzene rings is 2. The average molecular weight is 509 g/mol. The second-order valence-electron chi connectivity index (χ2n) is 12.7. The Morgan fingerprint density at radius 3 is 1.92 bits per heavy atom. The van der Waals surface area contributed by atoms with Crippen molar-refractivity contribution < 1.29 is 15.0 Å². The summed E-state index contributed by atoms with van der Waals surface area (Å²) in [6.07, 6.45) is -0.963. The van der Waals surface area contributed by atoms with E-state index >= 15 is 0 Å². The molecule has 36 heavy (non-hydrogen) atoms. The Kier molecular flexibility index (Phi) is 7.35. The summed E-state index contributed by atoms with van der Waals surface area (Å²) >= 11 is 1.51. The molecule has 1 amide bonds. The van der Waals surface area contributed by atoms with Crippen molar-refractivity contribution in [3.63, 3.8) is 0 Å². The maximum Gasteiger partial charge on any atom is 0.407 e. The summed E-state index contributed by atoms with van der Waals surface area (Å²) in [5.41, 5.74) is 5.53. The summed E-state index contributed by atoms with van der Waals surface area (Å²) < 4.78 is 0. The van der Waals surface area contributed by atoms with E-state index < -0.39 is 6.09 Å². The molecule has 3 rings (SSSR count). The fraction of sp³-hybridized carbons (Fsp3) is 0.467. The minimum absolute atomic E-state index is 0.139. The maximum absolute atomic E-state index is 11.8. The predicted octanol–water partition coefficient (Wildman–Crippen LogP) is 8.47. The van der Waals surface area contributed by atoms with Crippen molar-refractivity contribution in [3.8, 4) is 28.1 Å². The Morgan fingerprint density at radius 2 is 1.42 bits per heavy atom. The van der Waals surface area contributed by atoms with E-state index in [-0.39, 0.29) is 22.3 Å². The number of carbonyl (C=O) groups is 1. The third-order valence-electron chi connectivity index (χ3n) is 6.51. The van der Waals surface area contributed by atoms with Crippen molar-refractivity contribution in [1.29, 1.82) is 0 Å². The second-order valence-corrected chi connectivity index (χ2v) is 13.6. The number of carboxylic acid groups (broad SMARTS) is 1. The molecule has 6 heteroatoms. The van der Waals surface area contributed by atoms with Crippen molar-refractivity contribution in [2.75, 3.05) is 7.05 Å². The van der Waals surface area contributed by atoms with Crippen LogP contribution in [0.1, 0.15) is 84.5 Å². The van der Waals surface area contributed by atoms with Gasteiger partial charge in [-0.25, -0.2) is 9.78 Å². The largest absolute Gasteiger partial charge is 0.508 e. The van der Waals surface area contributed by atoms with E-state index in [9.17, 15) is 15.0 Å². The Labute approximate surface area is 219 Å². The van der Waals surface area contributed by atoms with Gasteiger partial charge in [-0.05, 0) is 56.7 Å². The zero-order valence-corrected chi connectivity index (χ0v) is 24.0. The van der Waals surface area contributed by atoms with Gasteiger partial charge in [0, 0.05) is 18.0 Å². The van der Waals surface area contributed by atoms with Crippen LogP contribution in [0.5, 0.6) is 5.75 Å². The molecular formula is C30H40N2O3S. The molecule has 3 aromatic rings. The van der Waals surface area contributed by atoms with Crippen molar-refractivity contribution in [2.45, 2.75) is 79.2 Å². The molecule has 5 nitrogen and oxygen atoms in total. The molecule has 0 saturated heterocycles. The molecule has 1 heterocycles. The zero-order chi connectivity index (χ0) is 27.2. The van der Waals surface area contributed by atoms with Crippen LogP contribution in [-0.4, -0.2) is 33.2 Å². The van der Waals surface area contributed by atoms with Crippen LogP contribution in [0.3, 0.4) is 0 Å². The summed E-state index contributed by atoms with van der Waals surface area (Å²) in [5, 5.41) is 22.9. The van der Waals surface area contributed by atoms with Crippen LogP contribution in [0, 0.1) is 5.41 Å². The number of hydrogen-bond acceptors (Lipinski definition) is 4. The average Bonchev–Trinajstić information content (AvgIpc) is 3.20. The molecule has 0 aliphatic carbocycles. The lowest BCUT2D eigenvalue weighted by atomic mass is 9.80. The molecule has 194 valence electrons. The quantitative estimate of drug-likeness (QED) is 0.371. The fourth-order valence-corrected chi connectivity index (χ4v) is 5.85. The number of hydrogen-bond donors (Lipinski definition) is 2. The highest BCUT2D eigenvalue weighted by atomic mass is 32.1. The molecule has 1 unspecified atom stereocenters. The van der Waals surface area contributed by atoms with Gasteiger partial charge in [-0.1, -0.05) is 80.5 Å². The van der Waals surface area contributed by atoms with Crippen LogP contribution in [0.25, 0.3) is 22.4 Å². The van der Waals surface area contributed by atoms with Crippen LogP contribution < -0.4 is 0 Å². The molecule has 0 radical (unpaired) electrons. The third kappa shape index (κ3) is 5.75. The summed E-state index contributed by atoms with van der Waals surface area (Å²) in [6.45, 7) is 19.0. The Hall–Kier alpha value is -2.86. The van der Waals surface area contributed by atoms with Gasteiger partial charge in [0.2, 0.25) is 0 Å². The molecule has 2 N–H and O–H groups in total. The van der Waals surface area contributed by atoms with Gasteiger partial charge >= 0.3 is 6.09 Å². The molecule has 0 saturated carbocycles. The van der Waals surface area contributed by atoms with Crippen molar-refractivity contribution in [1.82, 2.24) is 9.88 Å². The van der Waals surface area contributed by atoms with E-state index in [0.717, 1.165) is 33.0 Å². The summed E-state index contributed by atoms with van der Waals surface area (Å²) in [5.74, 6) is 0.314. The molecular weight excluding hydrogens is 468 g/mol. The molecule has 1 atom stereocenters. The number of aromatic hydroxyl groups is 1. The fourth-order valence-electron chi connectivity index (χ4n) is 4.65. The maximum atomic E-state index is 11.8. The highest BCUT2D eigenvalue weighted by molar-refractivity contribution is 7.10. The number of thiazole rings is 1. The van der Waals surface area contributed by atoms with Gasteiger partial charge < -0.3 is 15.1 Å². The minimum Gasteiger partial charge on any atom is -0.508 e. The van der Waals surface area contributed by atoms with Crippen molar-refractivity contribution >= 4 is 17.4 Å². The monoisotopic (exact) mass is 508 g/mol. The first-order valence-corrected chi connectivity index (χ1v) is 13.2. The minimum atomic E-state index is -0.963. The number of phenolic OH excluding ortho intramolecular Hbond substituents is 1. The first kappa shape index (κ1) is 27.7. The zero-order valence-electron chi connectivity index (χ0n) is 23.2. The lowest BCUT2D eigenvalue weighted by Crippen LogP contribution is -2.37. The van der Waals surface area contributed by atoms with E-state index in [2.05, 4.69) is 65.8 Å². The van der Waals surface area contributed by atoms with Gasteiger partial charge in [-0.3, -0.25) is 0 Å². The Bertz CT molecular complexity index is 1260. The number of rotatable bonds is 4. The van der Waals surface area contributed by atoms with E-state index in [0.29, 0.717) is 5.75 Å². The lowest BCUT2D eigenvalue weighted by Gasteiger charge is -2.34. The number of amides is 1. The molecule has 1 aromatic heterocycles. The van der Waals surface area contributed by atoms with Gasteiger partial charge in [0.15, 0.2) is 0 Å². The van der Waals surface area contributed by atoms with Gasteiger partial charge in [-0.15, -0.1) is 11.3 Å². The van der Waals surface area contributed by atoms with Gasteiger partial charge in [0.25, 0.3) is 0 Å². The normalized spacial score (nSPS) is 13.5. The van der Waals surface area contributed by atoms with Crippen LogP contribution >= 0.6 is 11.3 Å². The first-order chi connectivity index (χ1) is 16.4. The van der Waals surface area contributed by atoms with Gasteiger partial charge in [0.05, 0.1) is 11.7 Å². The number of nitrogens with zero attached hydrogens (tertiary/aromatic N) is 2. The van der Waals surface area contributed by atoms with E-state index in [1.54, 1.807) is 13.1 Å². The highest BCUT2D eigenvalue weighted by Crippen LogP contribution is 2.42. The van der Waals surface area contributed by atoms with E-state index in [1.807, 2.05) is 32.2 Å². The molecule has 2 aromatic carbocycles. The molecule has 0 aliphatic heterocycles. The topological polar surface area (TPSA) is 73.7 Å². The summed E-state index contributed by atoms with van der Waals surface area (Å²) in [7, 11) is 1.61. The smallest absolute Gasteiger partial charge is 0.407 e. The predicted molar refractivity (Wildman–Crippen MR) is 150 cm³/mol. The highest BCUT2D eigenvalue weighted by Gasteiger charge is 2.35. The van der Waals surface area contributed by atoms with Crippen molar-refractivity contribution in [2.24, 2.45) is 5.41 Å².